The Morgan fingerprint density at radius 1 is 1.21 bits per heavy atom. The highest BCUT2D eigenvalue weighted by Gasteiger charge is 2.28. The molecule has 0 saturated carbocycles. The molecule has 0 aliphatic carbocycles. The summed E-state index contributed by atoms with van der Waals surface area (Å²) in [5.41, 5.74) is 0. The summed E-state index contributed by atoms with van der Waals surface area (Å²) in [6, 6.07) is 0. The van der Waals surface area contributed by atoms with Gasteiger partial charge in [-0.25, -0.2) is 0 Å². The Morgan fingerprint density at radius 2 is 1.88 bits per heavy atom. The van der Waals surface area contributed by atoms with Crippen molar-refractivity contribution < 1.29 is 17.9 Å². The van der Waals surface area contributed by atoms with E-state index in [1.807, 2.05) is 14.0 Å². The fraction of sp³-hybridized carbons (Fsp3) is 0.938. The second-order valence-corrected chi connectivity index (χ2v) is 6.35. The fourth-order valence-electron chi connectivity index (χ4n) is 2.70. The Morgan fingerprint density at radius 3 is 2.46 bits per heavy atom. The number of hydrogen-bond acceptors (Lipinski definition) is 3. The van der Waals surface area contributed by atoms with Crippen LogP contribution in [0.1, 0.15) is 26.2 Å². The van der Waals surface area contributed by atoms with Gasteiger partial charge in [-0.15, -0.1) is 0 Å². The summed E-state index contributed by atoms with van der Waals surface area (Å²) >= 11 is 0. The number of ether oxygens (including phenoxy) is 1. The van der Waals surface area contributed by atoms with E-state index in [-0.39, 0.29) is 6.54 Å². The van der Waals surface area contributed by atoms with Crippen LogP contribution in [-0.4, -0.2) is 82.0 Å². The van der Waals surface area contributed by atoms with E-state index >= 15 is 0 Å². The zero-order valence-corrected chi connectivity index (χ0v) is 15.0. The number of guanidine groups is 1. The summed E-state index contributed by atoms with van der Waals surface area (Å²) < 4.78 is 42.3. The normalized spacial score (nSPS) is 17.4. The number of alkyl halides is 3. The van der Waals surface area contributed by atoms with E-state index in [1.54, 1.807) is 0 Å². The minimum absolute atomic E-state index is 0.280. The van der Waals surface area contributed by atoms with Gasteiger partial charge in [0, 0.05) is 39.9 Å². The van der Waals surface area contributed by atoms with Crippen molar-refractivity contribution in [2.24, 2.45) is 10.9 Å². The predicted octanol–water partition coefficient (Wildman–Crippen LogP) is 2.19. The molecule has 1 heterocycles. The summed E-state index contributed by atoms with van der Waals surface area (Å²) in [6.45, 7) is 5.00. The number of halogens is 3. The first-order valence-corrected chi connectivity index (χ1v) is 8.64. The lowest BCUT2D eigenvalue weighted by molar-refractivity contribution is -0.142. The third-order valence-electron chi connectivity index (χ3n) is 4.10. The molecule has 0 radical (unpaired) electrons. The van der Waals surface area contributed by atoms with Crippen LogP contribution in [0.15, 0.2) is 4.99 Å². The van der Waals surface area contributed by atoms with E-state index < -0.39 is 12.7 Å². The van der Waals surface area contributed by atoms with Crippen LogP contribution >= 0.6 is 0 Å². The van der Waals surface area contributed by atoms with Crippen LogP contribution in [0, 0.1) is 5.92 Å². The van der Waals surface area contributed by atoms with Gasteiger partial charge in [0.1, 0.15) is 0 Å². The van der Waals surface area contributed by atoms with Gasteiger partial charge in [0.05, 0.1) is 13.1 Å². The molecule has 0 bridgehead atoms. The molecule has 0 aromatic rings. The number of rotatable bonds is 8. The van der Waals surface area contributed by atoms with E-state index in [9.17, 15) is 13.2 Å². The van der Waals surface area contributed by atoms with Crippen LogP contribution in [0.5, 0.6) is 0 Å². The average molecular weight is 352 g/mol. The maximum atomic E-state index is 12.3. The summed E-state index contributed by atoms with van der Waals surface area (Å²) in [5, 5.41) is 3.20. The van der Waals surface area contributed by atoms with Crippen molar-refractivity contribution in [3.05, 3.63) is 0 Å². The zero-order chi connectivity index (χ0) is 18.0. The van der Waals surface area contributed by atoms with Gasteiger partial charge in [-0.1, -0.05) is 0 Å². The summed E-state index contributed by atoms with van der Waals surface area (Å²) in [6.07, 6.45) is -0.880. The number of likely N-dealkylation sites (N-methyl/N-ethyl adjacent to an activating group) is 1. The van der Waals surface area contributed by atoms with E-state index in [0.29, 0.717) is 12.5 Å². The van der Waals surface area contributed by atoms with Crippen molar-refractivity contribution in [2.75, 3.05) is 60.0 Å². The molecule has 0 spiro atoms. The first-order valence-electron chi connectivity index (χ1n) is 8.64. The first-order chi connectivity index (χ1) is 11.3. The van der Waals surface area contributed by atoms with Crippen molar-refractivity contribution >= 4 is 5.96 Å². The van der Waals surface area contributed by atoms with Crippen molar-refractivity contribution in [3.8, 4) is 0 Å². The molecule has 0 aromatic heterocycles. The van der Waals surface area contributed by atoms with E-state index in [4.69, 9.17) is 4.74 Å². The molecule has 1 aliphatic heterocycles. The van der Waals surface area contributed by atoms with Gasteiger partial charge >= 0.3 is 6.18 Å². The Kier molecular flexibility index (Phi) is 9.43. The van der Waals surface area contributed by atoms with Crippen LogP contribution in [0.25, 0.3) is 0 Å². The molecular weight excluding hydrogens is 321 g/mol. The van der Waals surface area contributed by atoms with Gasteiger partial charge in [-0.2, -0.15) is 13.2 Å². The molecule has 1 saturated heterocycles. The highest BCUT2D eigenvalue weighted by atomic mass is 19.4. The molecule has 24 heavy (non-hydrogen) atoms. The SMILES string of the molecule is CCNC(=NCCN(C)CC(F)(F)F)N(C)CCC1CCOCC1. The lowest BCUT2D eigenvalue weighted by atomic mass is 9.96. The zero-order valence-electron chi connectivity index (χ0n) is 15.0. The van der Waals surface area contributed by atoms with Gasteiger partial charge in [0.2, 0.25) is 0 Å². The van der Waals surface area contributed by atoms with Crippen LogP contribution in [0.3, 0.4) is 0 Å². The average Bonchev–Trinajstić information content (AvgIpc) is 2.51. The molecule has 1 rings (SSSR count). The molecule has 142 valence electrons. The molecule has 1 fully saturated rings. The molecule has 8 heteroatoms. The third kappa shape index (κ3) is 9.32. The number of hydrogen-bond donors (Lipinski definition) is 1. The minimum Gasteiger partial charge on any atom is -0.381 e. The van der Waals surface area contributed by atoms with Gasteiger partial charge in [-0.05, 0) is 39.2 Å². The van der Waals surface area contributed by atoms with Crippen molar-refractivity contribution in [1.29, 1.82) is 0 Å². The van der Waals surface area contributed by atoms with Crippen molar-refractivity contribution in [1.82, 2.24) is 15.1 Å². The Labute approximate surface area is 143 Å². The molecular formula is C16H31F3N4O. The Bertz CT molecular complexity index is 371. The minimum atomic E-state index is -4.16. The lowest BCUT2D eigenvalue weighted by Crippen LogP contribution is -2.41. The topological polar surface area (TPSA) is 40.1 Å². The maximum Gasteiger partial charge on any atom is 0.401 e. The van der Waals surface area contributed by atoms with E-state index in [0.717, 1.165) is 51.5 Å². The quantitative estimate of drug-likeness (QED) is 0.537. The molecule has 5 nitrogen and oxygen atoms in total. The van der Waals surface area contributed by atoms with E-state index in [1.165, 1.54) is 11.9 Å². The molecule has 1 N–H and O–H groups in total. The third-order valence-corrected chi connectivity index (χ3v) is 4.10. The van der Waals surface area contributed by atoms with Gasteiger partial charge in [0.15, 0.2) is 5.96 Å². The number of aliphatic imine (C=N–C) groups is 1. The molecule has 0 aromatic carbocycles. The second-order valence-electron chi connectivity index (χ2n) is 6.35. The standard InChI is InChI=1S/C16H31F3N4O/c1-4-20-15(21-8-10-22(2)13-16(17,18)19)23(3)9-5-14-6-11-24-12-7-14/h14H,4-13H2,1-3H3,(H,20,21). The summed E-state index contributed by atoms with van der Waals surface area (Å²) in [5.74, 6) is 1.44. The Hall–Kier alpha value is -1.02. The summed E-state index contributed by atoms with van der Waals surface area (Å²) in [7, 11) is 3.44. The molecule has 0 amide bonds. The van der Waals surface area contributed by atoms with Crippen molar-refractivity contribution in [3.63, 3.8) is 0 Å². The lowest BCUT2D eigenvalue weighted by Gasteiger charge is -2.27. The van der Waals surface area contributed by atoms with Crippen LogP contribution < -0.4 is 5.32 Å². The Balaban J connectivity index is 2.39. The monoisotopic (exact) mass is 352 g/mol. The molecule has 1 aliphatic rings. The first kappa shape index (κ1) is 21.0. The maximum absolute atomic E-state index is 12.3. The largest absolute Gasteiger partial charge is 0.401 e. The molecule has 0 atom stereocenters. The van der Waals surface area contributed by atoms with E-state index in [2.05, 4.69) is 15.2 Å². The number of nitrogens with one attached hydrogen (secondary N) is 1. The smallest absolute Gasteiger partial charge is 0.381 e. The van der Waals surface area contributed by atoms with Gasteiger partial charge in [-0.3, -0.25) is 9.89 Å². The van der Waals surface area contributed by atoms with Crippen LogP contribution in [0.4, 0.5) is 13.2 Å². The van der Waals surface area contributed by atoms with Crippen LogP contribution in [0.2, 0.25) is 0 Å². The molecule has 0 unspecified atom stereocenters. The highest BCUT2D eigenvalue weighted by Crippen LogP contribution is 2.18. The second kappa shape index (κ2) is 10.8. The van der Waals surface area contributed by atoms with Crippen LogP contribution in [-0.2, 0) is 4.74 Å². The van der Waals surface area contributed by atoms with Gasteiger partial charge in [0.25, 0.3) is 0 Å². The number of nitrogens with zero attached hydrogens (tertiary/aromatic N) is 3. The predicted molar refractivity (Wildman–Crippen MR) is 90.3 cm³/mol. The fourth-order valence-corrected chi connectivity index (χ4v) is 2.70. The van der Waals surface area contributed by atoms with Crippen molar-refractivity contribution in [2.45, 2.75) is 32.4 Å². The highest BCUT2D eigenvalue weighted by molar-refractivity contribution is 5.79. The summed E-state index contributed by atoms with van der Waals surface area (Å²) in [4.78, 5) is 7.75. The van der Waals surface area contributed by atoms with Gasteiger partial charge < -0.3 is 15.0 Å².